The lowest BCUT2D eigenvalue weighted by Gasteiger charge is -2.49. The minimum absolute atomic E-state index is 0.00648. The van der Waals surface area contributed by atoms with Gasteiger partial charge in [0.15, 0.2) is 15.2 Å². The highest BCUT2D eigenvalue weighted by Crippen LogP contribution is 2.38. The van der Waals surface area contributed by atoms with Crippen LogP contribution in [0, 0.1) is 0 Å². The molecule has 46 heavy (non-hydrogen) atoms. The van der Waals surface area contributed by atoms with Gasteiger partial charge >= 0.3 is 11.6 Å². The lowest BCUT2D eigenvalue weighted by Crippen LogP contribution is -2.75. The molecule has 0 saturated carbocycles. The average Bonchev–Trinajstić information content (AvgIpc) is 3.05. The maximum absolute atomic E-state index is 13.6. The summed E-state index contributed by atoms with van der Waals surface area (Å²) in [6.45, 7) is -0.558. The molecule has 2 amide bonds. The Morgan fingerprint density at radius 3 is 2.37 bits per heavy atom. The predicted molar refractivity (Wildman–Crippen MR) is 164 cm³/mol. The van der Waals surface area contributed by atoms with E-state index in [0.29, 0.717) is 22.3 Å². The Morgan fingerprint density at radius 2 is 1.63 bits per heavy atom. The number of nitrogens with one attached hydrogen (secondary N) is 1. The Bertz CT molecular complexity index is 2020. The van der Waals surface area contributed by atoms with Crippen LogP contribution in [0.1, 0.15) is 11.1 Å². The lowest BCUT2D eigenvalue weighted by molar-refractivity contribution is -0.153. The molecule has 0 spiro atoms. The fourth-order valence-corrected chi connectivity index (χ4v) is 7.37. The number of hydrogen-bond donors (Lipinski definition) is 1. The number of amides is 2. The number of esters is 1. The zero-order chi connectivity index (χ0) is 32.4. The lowest BCUT2D eigenvalue weighted by atomic mass is 10.0. The van der Waals surface area contributed by atoms with Gasteiger partial charge in [-0.25, -0.2) is 18.0 Å². The molecule has 1 aromatic heterocycles. The third-order valence-corrected chi connectivity index (χ3v) is 9.59. The van der Waals surface area contributed by atoms with Gasteiger partial charge in [0, 0.05) is 23.1 Å². The van der Waals surface area contributed by atoms with Gasteiger partial charge in [0.1, 0.15) is 42.0 Å². The van der Waals surface area contributed by atoms with Crippen LogP contribution in [0.2, 0.25) is 0 Å². The molecule has 1 fully saturated rings. The Balaban J connectivity index is 1.27. The van der Waals surface area contributed by atoms with Crippen molar-refractivity contribution in [3.8, 4) is 11.5 Å². The second kappa shape index (κ2) is 12.5. The molecule has 0 radical (unpaired) electrons. The quantitative estimate of drug-likeness (QED) is 0.154. The largest absolute Gasteiger partial charge is 0.497 e. The van der Waals surface area contributed by atoms with Crippen molar-refractivity contribution < 1.29 is 41.4 Å². The number of nitrogens with zero attached hydrogens (tertiary/aromatic N) is 1. The molecule has 12 nitrogen and oxygen atoms in total. The van der Waals surface area contributed by atoms with Crippen molar-refractivity contribution in [3.05, 3.63) is 118 Å². The van der Waals surface area contributed by atoms with E-state index in [1.165, 1.54) is 19.2 Å². The summed E-state index contributed by atoms with van der Waals surface area (Å²) in [7, 11) is -2.57. The van der Waals surface area contributed by atoms with Crippen molar-refractivity contribution in [2.75, 3.05) is 19.5 Å². The molecular weight excluding hydrogens is 616 g/mol. The topological polar surface area (TPSA) is 159 Å². The Morgan fingerprint density at radius 1 is 0.913 bits per heavy atom. The molecule has 13 heteroatoms. The maximum Gasteiger partial charge on any atom is 0.355 e. The molecular formula is C33H28N2O10S. The number of fused-ring (bicyclic) bond motifs is 2. The molecule has 6 rings (SSSR count). The number of carbonyl (C=O) groups is 3. The SMILES string of the molecule is COc1ccc(COC(=O)C2=C(COc3ccc4ccc(=O)oc4c3)CS(=O)(=O)[C@@H]3[C@H](NC(=O)Cc4ccccc4)C(=O)N23)cc1. The van der Waals surface area contributed by atoms with E-state index in [-0.39, 0.29) is 35.6 Å². The zero-order valence-corrected chi connectivity index (χ0v) is 25.3. The van der Waals surface area contributed by atoms with Gasteiger partial charge in [-0.15, -0.1) is 0 Å². The van der Waals surface area contributed by atoms with E-state index in [9.17, 15) is 27.6 Å². The van der Waals surface area contributed by atoms with Gasteiger partial charge in [0.05, 0.1) is 19.3 Å². The van der Waals surface area contributed by atoms with Crippen LogP contribution in [-0.4, -0.2) is 62.0 Å². The van der Waals surface area contributed by atoms with Crippen LogP contribution in [0.15, 0.2) is 105 Å². The van der Waals surface area contributed by atoms with Crippen LogP contribution >= 0.6 is 0 Å². The van der Waals surface area contributed by atoms with Crippen molar-refractivity contribution in [1.29, 1.82) is 0 Å². The highest BCUT2D eigenvalue weighted by atomic mass is 32.2. The highest BCUT2D eigenvalue weighted by molar-refractivity contribution is 7.92. The predicted octanol–water partition coefficient (Wildman–Crippen LogP) is 2.50. The first kappa shape index (κ1) is 30.6. The number of methoxy groups -OCH3 is 1. The number of β-lactam (4-membered cyclic amide) rings is 1. The molecule has 236 valence electrons. The number of rotatable bonds is 10. The first-order valence-electron chi connectivity index (χ1n) is 14.2. The van der Waals surface area contributed by atoms with Crippen LogP contribution in [0.5, 0.6) is 11.5 Å². The second-order valence-electron chi connectivity index (χ2n) is 10.7. The molecule has 0 bridgehead atoms. The molecule has 2 aliphatic heterocycles. The van der Waals surface area contributed by atoms with Crippen LogP contribution in [-0.2, 0) is 42.0 Å². The van der Waals surface area contributed by atoms with E-state index in [0.717, 1.165) is 4.90 Å². The summed E-state index contributed by atoms with van der Waals surface area (Å²) in [6, 6.07) is 21.8. The Kier molecular flexibility index (Phi) is 8.33. The Labute approximate surface area is 263 Å². The average molecular weight is 645 g/mol. The smallest absolute Gasteiger partial charge is 0.355 e. The van der Waals surface area contributed by atoms with Crippen LogP contribution in [0.3, 0.4) is 0 Å². The summed E-state index contributed by atoms with van der Waals surface area (Å²) in [5, 5.41) is 1.67. The minimum atomic E-state index is -4.09. The van der Waals surface area contributed by atoms with Gasteiger partial charge in [-0.1, -0.05) is 42.5 Å². The molecule has 3 aromatic carbocycles. The summed E-state index contributed by atoms with van der Waals surface area (Å²) >= 11 is 0. The van der Waals surface area contributed by atoms with Crippen molar-refractivity contribution in [1.82, 2.24) is 10.2 Å². The van der Waals surface area contributed by atoms with Gasteiger partial charge in [0.25, 0.3) is 5.91 Å². The monoisotopic (exact) mass is 644 g/mol. The van der Waals surface area contributed by atoms with Gasteiger partial charge in [0.2, 0.25) is 5.91 Å². The first-order chi connectivity index (χ1) is 22.1. The van der Waals surface area contributed by atoms with Crippen LogP contribution < -0.4 is 20.4 Å². The molecule has 4 aromatic rings. The minimum Gasteiger partial charge on any atom is -0.497 e. The normalized spacial score (nSPS) is 18.4. The fourth-order valence-electron chi connectivity index (χ4n) is 5.37. The van der Waals surface area contributed by atoms with E-state index >= 15 is 0 Å². The maximum atomic E-state index is 13.6. The van der Waals surface area contributed by atoms with Gasteiger partial charge in [-0.2, -0.15) is 0 Å². The van der Waals surface area contributed by atoms with E-state index in [1.54, 1.807) is 72.8 Å². The molecule has 1 N–H and O–H groups in total. The van der Waals surface area contributed by atoms with Gasteiger partial charge in [-0.05, 0) is 41.5 Å². The summed E-state index contributed by atoms with van der Waals surface area (Å²) in [5.41, 5.74) is 0.741. The Hall–Kier alpha value is -5.43. The van der Waals surface area contributed by atoms with Gasteiger partial charge in [-0.3, -0.25) is 14.5 Å². The van der Waals surface area contributed by atoms with E-state index in [1.807, 2.05) is 0 Å². The second-order valence-corrected chi connectivity index (χ2v) is 12.8. The van der Waals surface area contributed by atoms with Crippen molar-refractivity contribution in [2.45, 2.75) is 24.4 Å². The molecule has 3 heterocycles. The molecule has 2 atom stereocenters. The summed E-state index contributed by atoms with van der Waals surface area (Å²) < 4.78 is 48.8. The summed E-state index contributed by atoms with van der Waals surface area (Å²) in [4.78, 5) is 52.3. The molecule has 1 saturated heterocycles. The molecule has 0 aliphatic carbocycles. The third-order valence-electron chi connectivity index (χ3n) is 7.62. The van der Waals surface area contributed by atoms with Gasteiger partial charge < -0.3 is 23.9 Å². The zero-order valence-electron chi connectivity index (χ0n) is 24.5. The first-order valence-corrected chi connectivity index (χ1v) is 15.9. The number of ether oxygens (including phenoxy) is 3. The van der Waals surface area contributed by atoms with Crippen molar-refractivity contribution in [3.63, 3.8) is 0 Å². The standard InChI is InChI=1S/C33H28N2O10S/c1-42-24-11-7-21(8-12-24)17-44-33(39)30-23(18-43-25-13-9-22-10-14-28(37)45-26(22)16-25)19-46(40,41)32-29(31(38)35(30)32)34-27(36)15-20-5-3-2-4-6-20/h2-14,16,29,32H,15,17-19H2,1H3,(H,34,36)/t29-,32-/m1/s1. The van der Waals surface area contributed by atoms with Crippen molar-refractivity contribution >= 4 is 38.6 Å². The summed E-state index contributed by atoms with van der Waals surface area (Å²) in [5.74, 6) is -2.01. The van der Waals surface area contributed by atoms with Crippen molar-refractivity contribution in [2.24, 2.45) is 0 Å². The number of carbonyl (C=O) groups excluding carboxylic acids is 3. The summed E-state index contributed by atoms with van der Waals surface area (Å²) in [6.07, 6.45) is -0.0606. The number of hydrogen-bond acceptors (Lipinski definition) is 10. The fraction of sp³-hybridized carbons (Fsp3) is 0.212. The van der Waals surface area contributed by atoms with E-state index in [2.05, 4.69) is 5.32 Å². The van der Waals surface area contributed by atoms with E-state index < -0.39 is 57.0 Å². The van der Waals surface area contributed by atoms with Crippen LogP contribution in [0.25, 0.3) is 11.0 Å². The number of sulfone groups is 1. The molecule has 2 aliphatic rings. The van der Waals surface area contributed by atoms with Crippen LogP contribution in [0.4, 0.5) is 0 Å². The van der Waals surface area contributed by atoms with E-state index in [4.69, 9.17) is 18.6 Å². The highest BCUT2D eigenvalue weighted by Gasteiger charge is 2.60. The third kappa shape index (κ3) is 6.22. The number of benzene rings is 3. The molecule has 0 unspecified atom stereocenters.